The highest BCUT2D eigenvalue weighted by atomic mass is 16.4. The molecule has 0 bridgehead atoms. The predicted octanol–water partition coefficient (Wildman–Crippen LogP) is 4.74. The summed E-state index contributed by atoms with van der Waals surface area (Å²) in [5, 5.41) is 17.4. The maximum Gasteiger partial charge on any atom is 0.405 e. The third-order valence-electron chi connectivity index (χ3n) is 6.27. The molecule has 0 heterocycles. The van der Waals surface area contributed by atoms with Gasteiger partial charge in [-0.25, -0.2) is 4.79 Å². The van der Waals surface area contributed by atoms with Crippen LogP contribution in [0.5, 0.6) is 0 Å². The number of carbonyl (C=O) groups excluding carboxylic acids is 2. The number of rotatable bonds is 9. The number of nitrogens with one attached hydrogen (secondary N) is 3. The lowest BCUT2D eigenvalue weighted by Gasteiger charge is -2.37. The molecule has 4 N–H and O–H groups in total. The summed E-state index contributed by atoms with van der Waals surface area (Å²) < 4.78 is 0. The minimum Gasteiger partial charge on any atom is -0.465 e. The van der Waals surface area contributed by atoms with Crippen molar-refractivity contribution in [3.05, 3.63) is 138 Å². The molecule has 0 aliphatic heterocycles. The van der Waals surface area contributed by atoms with Gasteiger partial charge in [0.1, 0.15) is 11.6 Å². The van der Waals surface area contributed by atoms with Crippen molar-refractivity contribution in [2.45, 2.75) is 18.0 Å². The lowest BCUT2D eigenvalue weighted by molar-refractivity contribution is -0.126. The van der Waals surface area contributed by atoms with Crippen molar-refractivity contribution >= 4 is 23.6 Å². The molecule has 0 radical (unpaired) electrons. The van der Waals surface area contributed by atoms with Gasteiger partial charge in [-0.1, -0.05) is 96.9 Å². The van der Waals surface area contributed by atoms with Crippen molar-refractivity contribution in [3.8, 4) is 12.3 Å². The quantitative estimate of drug-likeness (QED) is 0.190. The molecule has 1 unspecified atom stereocenters. The van der Waals surface area contributed by atoms with E-state index in [2.05, 4.69) is 21.9 Å². The van der Waals surface area contributed by atoms with Gasteiger partial charge in [0.15, 0.2) is 0 Å². The van der Waals surface area contributed by atoms with Gasteiger partial charge in [-0.05, 0) is 41.0 Å². The molecule has 4 aromatic carbocycles. The molecule has 0 saturated carbocycles. The molecule has 0 aliphatic rings. The first-order valence-electron chi connectivity index (χ1n) is 12.3. The lowest BCUT2D eigenvalue weighted by Crippen LogP contribution is -2.51. The Kier molecular flexibility index (Phi) is 8.40. The summed E-state index contributed by atoms with van der Waals surface area (Å²) in [5.41, 5.74) is 2.36. The molecule has 1 atom stereocenters. The molecule has 194 valence electrons. The number of benzene rings is 4. The van der Waals surface area contributed by atoms with E-state index in [0.717, 1.165) is 16.7 Å². The number of anilines is 1. The maximum absolute atomic E-state index is 13.7. The van der Waals surface area contributed by atoms with Gasteiger partial charge < -0.3 is 21.1 Å². The van der Waals surface area contributed by atoms with E-state index in [0.29, 0.717) is 11.3 Å². The average Bonchev–Trinajstić information content (AvgIpc) is 2.97. The van der Waals surface area contributed by atoms with E-state index < -0.39 is 35.9 Å². The van der Waals surface area contributed by atoms with Crippen LogP contribution in [0.1, 0.15) is 28.7 Å². The van der Waals surface area contributed by atoms with Crippen molar-refractivity contribution in [2.75, 3.05) is 5.32 Å². The summed E-state index contributed by atoms with van der Waals surface area (Å²) in [6.07, 6.45) is 3.52. The van der Waals surface area contributed by atoms with Crippen LogP contribution in [0.25, 0.3) is 0 Å². The molecule has 0 aromatic heterocycles. The largest absolute Gasteiger partial charge is 0.465 e. The summed E-state index contributed by atoms with van der Waals surface area (Å²) in [4.78, 5) is 38.3. The topological polar surface area (TPSA) is 108 Å². The van der Waals surface area contributed by atoms with E-state index in [1.165, 1.54) is 0 Å². The van der Waals surface area contributed by atoms with Gasteiger partial charge in [0.05, 0.1) is 6.42 Å². The molecule has 4 rings (SSSR count). The first-order chi connectivity index (χ1) is 18.9. The molecule has 0 saturated heterocycles. The summed E-state index contributed by atoms with van der Waals surface area (Å²) in [7, 11) is 0. The molecular weight excluding hydrogens is 490 g/mol. The molecule has 0 fully saturated rings. The second kappa shape index (κ2) is 12.3. The minimum atomic E-state index is -1.42. The minimum absolute atomic E-state index is 0.420. The summed E-state index contributed by atoms with van der Waals surface area (Å²) in [5.74, 6) is 1.29. The van der Waals surface area contributed by atoms with Gasteiger partial charge >= 0.3 is 6.09 Å². The zero-order valence-corrected chi connectivity index (χ0v) is 21.0. The molecule has 0 aliphatic carbocycles. The number of hydrogen-bond acceptors (Lipinski definition) is 3. The summed E-state index contributed by atoms with van der Waals surface area (Å²) in [6, 6.07) is 33.6. The number of carbonyl (C=O) groups is 3. The first kappa shape index (κ1) is 26.7. The number of amides is 3. The Labute approximate surface area is 226 Å². The third kappa shape index (κ3) is 6.32. The SMILES string of the molecule is C#Cc1ccc(NC(=O)C(CC(=O)NC(c2ccccc2)(c2ccccc2)c2ccccc2)NC(=O)O)cc1. The van der Waals surface area contributed by atoms with Crippen LogP contribution in [0.15, 0.2) is 115 Å². The first-order valence-corrected chi connectivity index (χ1v) is 12.3. The molecule has 4 aromatic rings. The summed E-state index contributed by atoms with van der Waals surface area (Å²) >= 11 is 0. The van der Waals surface area contributed by atoms with Crippen LogP contribution in [0.4, 0.5) is 10.5 Å². The smallest absolute Gasteiger partial charge is 0.405 e. The van der Waals surface area contributed by atoms with Gasteiger partial charge in [-0.2, -0.15) is 0 Å². The van der Waals surface area contributed by atoms with Gasteiger partial charge in [0.2, 0.25) is 11.8 Å². The van der Waals surface area contributed by atoms with E-state index in [1.807, 2.05) is 91.0 Å². The van der Waals surface area contributed by atoms with Gasteiger partial charge in [-0.15, -0.1) is 6.42 Å². The highest BCUT2D eigenvalue weighted by Gasteiger charge is 2.38. The fourth-order valence-corrected chi connectivity index (χ4v) is 4.46. The van der Waals surface area contributed by atoms with E-state index in [1.54, 1.807) is 24.3 Å². The van der Waals surface area contributed by atoms with Crippen LogP contribution in [-0.4, -0.2) is 29.1 Å². The van der Waals surface area contributed by atoms with Crippen LogP contribution in [0.3, 0.4) is 0 Å². The van der Waals surface area contributed by atoms with Gasteiger partial charge in [0.25, 0.3) is 0 Å². The van der Waals surface area contributed by atoms with Crippen LogP contribution in [0.2, 0.25) is 0 Å². The highest BCUT2D eigenvalue weighted by molar-refractivity contribution is 5.99. The van der Waals surface area contributed by atoms with E-state index in [-0.39, 0.29) is 0 Å². The molecule has 0 spiro atoms. The van der Waals surface area contributed by atoms with Crippen LogP contribution < -0.4 is 16.0 Å². The average molecular weight is 518 g/mol. The van der Waals surface area contributed by atoms with Crippen LogP contribution in [-0.2, 0) is 15.1 Å². The zero-order valence-electron chi connectivity index (χ0n) is 21.0. The number of carboxylic acid groups (broad SMARTS) is 1. The lowest BCUT2D eigenvalue weighted by atomic mass is 9.77. The van der Waals surface area contributed by atoms with Crippen molar-refractivity contribution in [1.82, 2.24) is 10.6 Å². The summed E-state index contributed by atoms with van der Waals surface area (Å²) in [6.45, 7) is 0. The second-order valence-corrected chi connectivity index (χ2v) is 8.81. The molecule has 7 nitrogen and oxygen atoms in total. The van der Waals surface area contributed by atoms with E-state index >= 15 is 0 Å². The Bertz CT molecular complexity index is 1370. The number of terminal acetylenes is 1. The Balaban J connectivity index is 1.68. The number of hydrogen-bond donors (Lipinski definition) is 4. The van der Waals surface area contributed by atoms with E-state index in [4.69, 9.17) is 6.42 Å². The molecule has 3 amide bonds. The normalized spacial score (nSPS) is 11.5. The second-order valence-electron chi connectivity index (χ2n) is 8.81. The standard InChI is InChI=1S/C32H27N3O4/c1-2-23-18-20-27(21-19-23)33-30(37)28(34-31(38)39)22-29(36)35-32(24-12-6-3-7-13-24,25-14-8-4-9-15-25)26-16-10-5-11-17-26/h1,3-21,28,34H,22H2,(H,33,37)(H,35,36)(H,38,39). The molecule has 39 heavy (non-hydrogen) atoms. The van der Waals surface area contributed by atoms with Gasteiger partial charge in [-0.3, -0.25) is 9.59 Å². The Morgan fingerprint density at radius 2 is 1.21 bits per heavy atom. The van der Waals surface area contributed by atoms with Crippen LogP contribution in [0, 0.1) is 12.3 Å². The van der Waals surface area contributed by atoms with E-state index in [9.17, 15) is 19.5 Å². The highest BCUT2D eigenvalue weighted by Crippen LogP contribution is 2.36. The zero-order chi connectivity index (χ0) is 27.7. The van der Waals surface area contributed by atoms with Crippen molar-refractivity contribution < 1.29 is 19.5 Å². The third-order valence-corrected chi connectivity index (χ3v) is 6.27. The molecular formula is C32H27N3O4. The Morgan fingerprint density at radius 3 is 1.62 bits per heavy atom. The van der Waals surface area contributed by atoms with Gasteiger partial charge in [0, 0.05) is 11.3 Å². The van der Waals surface area contributed by atoms with Crippen molar-refractivity contribution in [3.63, 3.8) is 0 Å². The fraction of sp³-hybridized carbons (Fsp3) is 0.0938. The van der Waals surface area contributed by atoms with Crippen LogP contribution >= 0.6 is 0 Å². The van der Waals surface area contributed by atoms with Crippen molar-refractivity contribution in [2.24, 2.45) is 0 Å². The molecule has 7 heteroatoms. The Hall–Kier alpha value is -5.35. The van der Waals surface area contributed by atoms with Crippen molar-refractivity contribution in [1.29, 1.82) is 0 Å². The fourth-order valence-electron chi connectivity index (χ4n) is 4.46. The predicted molar refractivity (Wildman–Crippen MR) is 150 cm³/mol. The monoisotopic (exact) mass is 517 g/mol. The Morgan fingerprint density at radius 1 is 0.744 bits per heavy atom. The maximum atomic E-state index is 13.7.